The van der Waals surface area contributed by atoms with E-state index in [4.69, 9.17) is 0 Å². The fraction of sp³-hybridized carbons (Fsp3) is 0.467. The smallest absolute Gasteiger partial charge is 0.270 e. The van der Waals surface area contributed by atoms with Gasteiger partial charge in [-0.25, -0.2) is 4.98 Å². The summed E-state index contributed by atoms with van der Waals surface area (Å²) in [7, 11) is 0. The molecule has 2 aliphatic heterocycles. The summed E-state index contributed by atoms with van der Waals surface area (Å²) >= 11 is 3.45. The van der Waals surface area contributed by atoms with Gasteiger partial charge in [0, 0.05) is 24.6 Å². The van der Waals surface area contributed by atoms with Gasteiger partial charge in [0.15, 0.2) is 0 Å². The van der Waals surface area contributed by atoms with Gasteiger partial charge < -0.3 is 10.2 Å². The Bertz CT molecular complexity index is 686. The van der Waals surface area contributed by atoms with Gasteiger partial charge >= 0.3 is 0 Å². The summed E-state index contributed by atoms with van der Waals surface area (Å²) in [6.45, 7) is 3.36. The lowest BCUT2D eigenvalue weighted by molar-refractivity contribution is 0.0904. The summed E-state index contributed by atoms with van der Waals surface area (Å²) in [5, 5.41) is 3.14. The Morgan fingerprint density at radius 3 is 3.14 bits per heavy atom. The van der Waals surface area contributed by atoms with Crippen molar-refractivity contribution in [3.05, 3.63) is 34.8 Å². The molecule has 2 fully saturated rings. The Morgan fingerprint density at radius 1 is 1.38 bits per heavy atom. The summed E-state index contributed by atoms with van der Waals surface area (Å²) in [6.07, 6.45) is 4.05. The van der Waals surface area contributed by atoms with E-state index in [0.29, 0.717) is 5.69 Å². The Balaban J connectivity index is 1.50. The number of carbonyl (C=O) groups is 1. The lowest BCUT2D eigenvalue weighted by Crippen LogP contribution is -2.47. The number of hydrogen-bond donors (Lipinski definition) is 1. The van der Waals surface area contributed by atoms with Crippen molar-refractivity contribution in [3.8, 4) is 0 Å². The molecule has 0 aliphatic carbocycles. The van der Waals surface area contributed by atoms with Gasteiger partial charge in [0.05, 0.1) is 4.60 Å². The average molecular weight is 349 g/mol. The van der Waals surface area contributed by atoms with Crippen LogP contribution in [0.4, 0.5) is 0 Å². The van der Waals surface area contributed by atoms with Gasteiger partial charge in [-0.3, -0.25) is 9.20 Å². The highest BCUT2D eigenvalue weighted by molar-refractivity contribution is 9.10. The van der Waals surface area contributed by atoms with Crippen molar-refractivity contribution >= 4 is 27.4 Å². The number of fused-ring (bicyclic) bond motifs is 3. The number of carbonyl (C=O) groups excluding carboxylic acids is 1. The maximum atomic E-state index is 12.4. The zero-order valence-electron chi connectivity index (χ0n) is 11.6. The van der Waals surface area contributed by atoms with E-state index in [-0.39, 0.29) is 11.9 Å². The number of nitrogens with zero attached hydrogens (tertiary/aromatic N) is 3. The van der Waals surface area contributed by atoms with Gasteiger partial charge in [-0.2, -0.15) is 0 Å². The van der Waals surface area contributed by atoms with Crippen LogP contribution in [0.2, 0.25) is 0 Å². The summed E-state index contributed by atoms with van der Waals surface area (Å²) in [6, 6.07) is 6.01. The molecule has 21 heavy (non-hydrogen) atoms. The molecule has 6 heteroatoms. The quantitative estimate of drug-likeness (QED) is 0.901. The zero-order valence-corrected chi connectivity index (χ0v) is 13.2. The van der Waals surface area contributed by atoms with Gasteiger partial charge in [0.25, 0.3) is 5.91 Å². The molecule has 1 N–H and O–H groups in total. The number of amides is 1. The summed E-state index contributed by atoms with van der Waals surface area (Å²) < 4.78 is 2.84. The fourth-order valence-electron chi connectivity index (χ4n) is 3.52. The van der Waals surface area contributed by atoms with Crippen molar-refractivity contribution in [1.82, 2.24) is 19.6 Å². The molecular weight excluding hydrogens is 332 g/mol. The van der Waals surface area contributed by atoms with Crippen LogP contribution in [0.3, 0.4) is 0 Å². The first-order valence-corrected chi connectivity index (χ1v) is 8.14. The van der Waals surface area contributed by atoms with Crippen LogP contribution in [-0.4, -0.2) is 45.9 Å². The van der Waals surface area contributed by atoms with Crippen molar-refractivity contribution in [2.45, 2.75) is 18.9 Å². The maximum Gasteiger partial charge on any atom is 0.270 e. The first-order valence-electron chi connectivity index (χ1n) is 7.35. The van der Waals surface area contributed by atoms with Crippen LogP contribution in [0.15, 0.2) is 29.1 Å². The predicted octanol–water partition coefficient (Wildman–Crippen LogP) is 1.92. The fourth-order valence-corrected chi connectivity index (χ4v) is 3.95. The Morgan fingerprint density at radius 2 is 2.29 bits per heavy atom. The van der Waals surface area contributed by atoms with Crippen LogP contribution < -0.4 is 5.32 Å². The molecule has 2 aliphatic rings. The first kappa shape index (κ1) is 13.3. The summed E-state index contributed by atoms with van der Waals surface area (Å²) in [5.41, 5.74) is 1.45. The van der Waals surface area contributed by atoms with Crippen molar-refractivity contribution in [3.63, 3.8) is 0 Å². The van der Waals surface area contributed by atoms with Gasteiger partial charge in [-0.1, -0.05) is 0 Å². The van der Waals surface area contributed by atoms with Crippen LogP contribution in [0.5, 0.6) is 0 Å². The molecule has 1 amide bonds. The third-order valence-electron chi connectivity index (χ3n) is 4.53. The molecular formula is C15H17BrN4O. The third kappa shape index (κ3) is 2.46. The lowest BCUT2D eigenvalue weighted by atomic mass is 9.97. The molecule has 2 aromatic rings. The minimum Gasteiger partial charge on any atom is -0.347 e. The Hall–Kier alpha value is -1.40. The van der Waals surface area contributed by atoms with E-state index in [2.05, 4.69) is 31.1 Å². The lowest BCUT2D eigenvalue weighted by Gasteiger charge is -2.30. The zero-order chi connectivity index (χ0) is 14.4. The molecule has 2 aromatic heterocycles. The molecule has 5 nitrogen and oxygen atoms in total. The average Bonchev–Trinajstić information content (AvgIpc) is 3.02. The predicted molar refractivity (Wildman–Crippen MR) is 83.3 cm³/mol. The number of rotatable bonds is 2. The van der Waals surface area contributed by atoms with Gasteiger partial charge in [0.1, 0.15) is 12.0 Å². The van der Waals surface area contributed by atoms with Crippen LogP contribution in [0, 0.1) is 5.92 Å². The van der Waals surface area contributed by atoms with Crippen molar-refractivity contribution in [2.75, 3.05) is 19.6 Å². The van der Waals surface area contributed by atoms with E-state index in [1.165, 1.54) is 19.5 Å². The Kier molecular flexibility index (Phi) is 3.23. The Labute approximate surface area is 131 Å². The molecule has 0 aromatic carbocycles. The highest BCUT2D eigenvalue weighted by Crippen LogP contribution is 2.26. The van der Waals surface area contributed by atoms with E-state index < -0.39 is 0 Å². The molecule has 3 atom stereocenters. The standard InChI is InChI=1S/C15H17BrN4O/c16-14-2-1-12-6-13(17-9-20(12)14)15(21)18-11-5-10-3-4-19(7-10)8-11/h1-2,6,9-11H,3-5,7-8H2,(H,18,21)/t10-,11+/m0/s1. The highest BCUT2D eigenvalue weighted by atomic mass is 79.9. The molecule has 0 saturated carbocycles. The molecule has 110 valence electrons. The second kappa shape index (κ2) is 5.10. The minimum atomic E-state index is -0.0673. The van der Waals surface area contributed by atoms with Gasteiger partial charge in [-0.05, 0) is 59.4 Å². The molecule has 0 spiro atoms. The molecule has 4 heterocycles. The van der Waals surface area contributed by atoms with Crippen molar-refractivity contribution in [2.24, 2.45) is 5.92 Å². The number of halogens is 1. The minimum absolute atomic E-state index is 0.0673. The maximum absolute atomic E-state index is 12.4. The second-order valence-corrected chi connectivity index (χ2v) is 6.86. The monoisotopic (exact) mass is 348 g/mol. The molecule has 1 unspecified atom stereocenters. The topological polar surface area (TPSA) is 49.6 Å². The third-order valence-corrected chi connectivity index (χ3v) is 5.18. The van der Waals surface area contributed by atoms with Crippen LogP contribution in [0.1, 0.15) is 23.3 Å². The number of aromatic nitrogens is 2. The second-order valence-electron chi connectivity index (χ2n) is 6.05. The number of piperidine rings is 1. The SMILES string of the molecule is O=C(N[C@@H]1C[C@@H]2CCN(C2)C1)c1cc2ccc(Br)n2cn1. The van der Waals surface area contributed by atoms with E-state index in [9.17, 15) is 4.79 Å². The van der Waals surface area contributed by atoms with Crippen molar-refractivity contribution in [1.29, 1.82) is 0 Å². The summed E-state index contributed by atoms with van der Waals surface area (Å²) in [4.78, 5) is 19.1. The molecule has 2 bridgehead atoms. The van der Waals surface area contributed by atoms with E-state index in [1.54, 1.807) is 6.33 Å². The molecule has 0 radical (unpaired) electrons. The molecule has 4 rings (SSSR count). The number of hydrogen-bond acceptors (Lipinski definition) is 3. The number of nitrogens with one attached hydrogen (secondary N) is 1. The molecule has 2 saturated heterocycles. The normalized spacial score (nSPS) is 28.0. The van der Waals surface area contributed by atoms with E-state index in [1.807, 2.05) is 22.6 Å². The van der Waals surface area contributed by atoms with Gasteiger partial charge in [-0.15, -0.1) is 0 Å². The van der Waals surface area contributed by atoms with E-state index in [0.717, 1.165) is 29.0 Å². The van der Waals surface area contributed by atoms with E-state index >= 15 is 0 Å². The highest BCUT2D eigenvalue weighted by Gasteiger charge is 2.33. The largest absolute Gasteiger partial charge is 0.347 e. The summed E-state index contributed by atoms with van der Waals surface area (Å²) in [5.74, 6) is 0.684. The first-order chi connectivity index (χ1) is 10.2. The van der Waals surface area contributed by atoms with Crippen molar-refractivity contribution < 1.29 is 4.79 Å². The van der Waals surface area contributed by atoms with Crippen LogP contribution in [-0.2, 0) is 0 Å². The van der Waals surface area contributed by atoms with Gasteiger partial charge in [0.2, 0.25) is 0 Å². The van der Waals surface area contributed by atoms with Crippen LogP contribution in [0.25, 0.3) is 5.52 Å². The van der Waals surface area contributed by atoms with Crippen LogP contribution >= 0.6 is 15.9 Å².